The predicted molar refractivity (Wildman–Crippen MR) is 76.1 cm³/mol. The summed E-state index contributed by atoms with van der Waals surface area (Å²) in [5, 5.41) is 1.96. The van der Waals surface area contributed by atoms with Crippen molar-refractivity contribution in [3.05, 3.63) is 33.9 Å². The molecule has 2 aromatic rings. The molecule has 0 fully saturated rings. The third-order valence-electron chi connectivity index (χ3n) is 3.09. The summed E-state index contributed by atoms with van der Waals surface area (Å²) < 4.78 is 7.06. The lowest BCUT2D eigenvalue weighted by atomic mass is 10.1. The molecule has 0 aliphatic carbocycles. The molecule has 0 amide bonds. The minimum Gasteiger partial charge on any atom is -0.488 e. The van der Waals surface area contributed by atoms with Gasteiger partial charge in [0.25, 0.3) is 0 Å². The zero-order valence-corrected chi connectivity index (χ0v) is 12.5. The molecule has 2 nitrogen and oxygen atoms in total. The van der Waals surface area contributed by atoms with E-state index in [1.54, 1.807) is 0 Å². The van der Waals surface area contributed by atoms with Crippen molar-refractivity contribution in [3.63, 3.8) is 0 Å². The molecular formula is C13H11Br2NO. The molecule has 0 spiro atoms. The van der Waals surface area contributed by atoms with Crippen molar-refractivity contribution in [1.82, 2.24) is 4.98 Å². The summed E-state index contributed by atoms with van der Waals surface area (Å²) >= 11 is 6.98. The van der Waals surface area contributed by atoms with Crippen LogP contribution in [0.15, 0.2) is 22.7 Å². The van der Waals surface area contributed by atoms with Gasteiger partial charge >= 0.3 is 0 Å². The summed E-state index contributed by atoms with van der Waals surface area (Å²) in [7, 11) is 0. The third kappa shape index (κ3) is 1.87. The van der Waals surface area contributed by atoms with Crippen molar-refractivity contribution in [2.75, 3.05) is 5.33 Å². The molecule has 0 radical (unpaired) electrons. The SMILES string of the molecule is Cc1nc2ccc(Br)cc2c2c1C[C@@H](CBr)O2. The van der Waals surface area contributed by atoms with Crippen molar-refractivity contribution >= 4 is 42.8 Å². The molecule has 1 aromatic carbocycles. The molecule has 3 rings (SSSR count). The fourth-order valence-electron chi connectivity index (χ4n) is 2.26. The molecule has 2 heterocycles. The van der Waals surface area contributed by atoms with E-state index in [1.165, 1.54) is 5.56 Å². The maximum Gasteiger partial charge on any atom is 0.134 e. The first kappa shape index (κ1) is 11.5. The Bertz CT molecular complexity index is 597. The smallest absolute Gasteiger partial charge is 0.134 e. The molecular weight excluding hydrogens is 346 g/mol. The first-order valence-electron chi connectivity index (χ1n) is 5.50. The Morgan fingerprint density at radius 3 is 3.06 bits per heavy atom. The Morgan fingerprint density at radius 2 is 2.29 bits per heavy atom. The van der Waals surface area contributed by atoms with E-state index >= 15 is 0 Å². The van der Waals surface area contributed by atoms with Crippen LogP contribution in [0.25, 0.3) is 10.9 Å². The van der Waals surface area contributed by atoms with Crippen LogP contribution < -0.4 is 4.74 Å². The quantitative estimate of drug-likeness (QED) is 0.720. The van der Waals surface area contributed by atoms with E-state index in [-0.39, 0.29) is 6.10 Å². The Labute approximate surface area is 117 Å². The lowest BCUT2D eigenvalue weighted by Gasteiger charge is -2.09. The van der Waals surface area contributed by atoms with Crippen LogP contribution in [-0.2, 0) is 6.42 Å². The van der Waals surface area contributed by atoms with Crippen molar-refractivity contribution < 1.29 is 4.74 Å². The second-order valence-corrected chi connectivity index (χ2v) is 5.83. The van der Waals surface area contributed by atoms with Gasteiger partial charge in [0, 0.05) is 32.9 Å². The topological polar surface area (TPSA) is 22.1 Å². The van der Waals surface area contributed by atoms with Gasteiger partial charge in [0.1, 0.15) is 11.9 Å². The second kappa shape index (κ2) is 4.25. The third-order valence-corrected chi connectivity index (χ3v) is 4.31. The lowest BCUT2D eigenvalue weighted by Crippen LogP contribution is -2.13. The van der Waals surface area contributed by atoms with Crippen LogP contribution in [0.2, 0.25) is 0 Å². The predicted octanol–water partition coefficient (Wildman–Crippen LogP) is 4.00. The summed E-state index contributed by atoms with van der Waals surface area (Å²) in [6.07, 6.45) is 1.18. The molecule has 0 saturated carbocycles. The Morgan fingerprint density at radius 1 is 1.47 bits per heavy atom. The molecule has 17 heavy (non-hydrogen) atoms. The number of aryl methyl sites for hydroxylation is 1. The number of hydrogen-bond acceptors (Lipinski definition) is 2. The highest BCUT2D eigenvalue weighted by atomic mass is 79.9. The van der Waals surface area contributed by atoms with E-state index in [1.807, 2.05) is 12.1 Å². The molecule has 1 aliphatic heterocycles. The van der Waals surface area contributed by atoms with Crippen LogP contribution in [0.4, 0.5) is 0 Å². The van der Waals surface area contributed by atoms with Gasteiger partial charge in [0.15, 0.2) is 0 Å². The number of fused-ring (bicyclic) bond motifs is 3. The number of rotatable bonds is 1. The largest absolute Gasteiger partial charge is 0.488 e. The van der Waals surface area contributed by atoms with E-state index in [4.69, 9.17) is 4.74 Å². The van der Waals surface area contributed by atoms with Crippen LogP contribution in [0.3, 0.4) is 0 Å². The maximum atomic E-state index is 6.00. The van der Waals surface area contributed by atoms with E-state index in [2.05, 4.69) is 49.8 Å². The summed E-state index contributed by atoms with van der Waals surface area (Å²) in [5.74, 6) is 1.01. The monoisotopic (exact) mass is 355 g/mol. The highest BCUT2D eigenvalue weighted by Gasteiger charge is 2.26. The van der Waals surface area contributed by atoms with Crippen LogP contribution in [-0.4, -0.2) is 16.4 Å². The zero-order chi connectivity index (χ0) is 12.0. The number of aromatic nitrogens is 1. The van der Waals surface area contributed by atoms with Gasteiger partial charge in [0.05, 0.1) is 5.52 Å². The van der Waals surface area contributed by atoms with Crippen molar-refractivity contribution in [3.8, 4) is 5.75 Å². The molecule has 1 aromatic heterocycles. The summed E-state index contributed by atoms with van der Waals surface area (Å²) in [4.78, 5) is 4.64. The summed E-state index contributed by atoms with van der Waals surface area (Å²) in [6, 6.07) is 6.12. The van der Waals surface area contributed by atoms with Gasteiger partial charge in [-0.25, -0.2) is 0 Å². The molecule has 0 unspecified atom stereocenters. The molecule has 0 N–H and O–H groups in total. The number of halogens is 2. The normalized spacial score (nSPS) is 18.2. The highest BCUT2D eigenvalue weighted by molar-refractivity contribution is 9.10. The maximum absolute atomic E-state index is 6.00. The average Bonchev–Trinajstić information content (AvgIpc) is 2.75. The van der Waals surface area contributed by atoms with Gasteiger partial charge in [-0.15, -0.1) is 0 Å². The highest BCUT2D eigenvalue weighted by Crippen LogP contribution is 2.38. The molecule has 4 heteroatoms. The zero-order valence-electron chi connectivity index (χ0n) is 9.34. The van der Waals surface area contributed by atoms with Crippen molar-refractivity contribution in [2.24, 2.45) is 0 Å². The van der Waals surface area contributed by atoms with Crippen molar-refractivity contribution in [1.29, 1.82) is 0 Å². The van der Waals surface area contributed by atoms with Crippen molar-refractivity contribution in [2.45, 2.75) is 19.4 Å². The number of alkyl halides is 1. The molecule has 0 bridgehead atoms. The molecule has 1 atom stereocenters. The van der Waals surface area contributed by atoms with Crippen LogP contribution >= 0.6 is 31.9 Å². The minimum absolute atomic E-state index is 0.232. The molecule has 88 valence electrons. The minimum atomic E-state index is 0.232. The van der Waals surface area contributed by atoms with E-state index in [0.717, 1.165) is 38.6 Å². The number of pyridine rings is 1. The number of hydrogen-bond donors (Lipinski definition) is 0. The molecule has 1 aliphatic rings. The Kier molecular flexibility index (Phi) is 2.87. The van der Waals surface area contributed by atoms with Gasteiger partial charge in [-0.2, -0.15) is 0 Å². The van der Waals surface area contributed by atoms with Gasteiger partial charge in [0.2, 0.25) is 0 Å². The van der Waals surface area contributed by atoms with Gasteiger partial charge < -0.3 is 4.74 Å². The summed E-state index contributed by atoms with van der Waals surface area (Å²) in [5.41, 5.74) is 3.33. The average molecular weight is 357 g/mol. The van der Waals surface area contributed by atoms with E-state index in [0.29, 0.717) is 0 Å². The summed E-state index contributed by atoms with van der Waals surface area (Å²) in [6.45, 7) is 2.06. The second-order valence-electron chi connectivity index (χ2n) is 4.26. The fourth-order valence-corrected chi connectivity index (χ4v) is 2.98. The van der Waals surface area contributed by atoms with Crippen LogP contribution in [0.5, 0.6) is 5.75 Å². The Hall–Kier alpha value is -0.610. The van der Waals surface area contributed by atoms with Crippen LogP contribution in [0, 0.1) is 6.92 Å². The van der Waals surface area contributed by atoms with Gasteiger partial charge in [-0.05, 0) is 25.1 Å². The van der Waals surface area contributed by atoms with E-state index in [9.17, 15) is 0 Å². The Balaban J connectivity index is 2.28. The molecule has 0 saturated heterocycles. The van der Waals surface area contributed by atoms with E-state index < -0.39 is 0 Å². The number of nitrogens with zero attached hydrogens (tertiary/aromatic N) is 1. The number of ether oxygens (including phenoxy) is 1. The standard InChI is InChI=1S/C13H11Br2NO/c1-7-10-5-9(6-14)17-13(10)11-4-8(15)2-3-12(11)16-7/h2-4,9H,5-6H2,1H3/t9-/m0/s1. The lowest BCUT2D eigenvalue weighted by molar-refractivity contribution is 0.263. The van der Waals surface area contributed by atoms with Gasteiger partial charge in [-0.1, -0.05) is 31.9 Å². The first-order chi connectivity index (χ1) is 8.19. The van der Waals surface area contributed by atoms with Gasteiger partial charge in [-0.3, -0.25) is 4.98 Å². The fraction of sp³-hybridized carbons (Fsp3) is 0.308. The first-order valence-corrected chi connectivity index (χ1v) is 7.42. The van der Waals surface area contributed by atoms with Crippen LogP contribution in [0.1, 0.15) is 11.3 Å². The number of benzene rings is 1.